The molecule has 1 aliphatic rings. The summed E-state index contributed by atoms with van der Waals surface area (Å²) in [5.41, 5.74) is 7.99. The van der Waals surface area contributed by atoms with E-state index < -0.39 is 6.04 Å². The number of benzene rings is 2. The largest absolute Gasteiger partial charge is 0.457 e. The van der Waals surface area contributed by atoms with Crippen LogP contribution in [0.3, 0.4) is 0 Å². The molecule has 2 aromatic heterocycles. The molecule has 4 aromatic rings. The van der Waals surface area contributed by atoms with Gasteiger partial charge in [-0.25, -0.2) is 9.97 Å². The lowest BCUT2D eigenvalue weighted by molar-refractivity contribution is -0.124. The zero-order valence-electron chi connectivity index (χ0n) is 25.6. The van der Waals surface area contributed by atoms with Gasteiger partial charge in [0.05, 0.1) is 11.3 Å². The van der Waals surface area contributed by atoms with E-state index in [9.17, 15) is 4.79 Å². The summed E-state index contributed by atoms with van der Waals surface area (Å²) in [5.74, 6) is 2.78. The van der Waals surface area contributed by atoms with E-state index in [1.165, 1.54) is 6.33 Å². The summed E-state index contributed by atoms with van der Waals surface area (Å²) in [7, 11) is 1.74. The minimum Gasteiger partial charge on any atom is -0.457 e. The van der Waals surface area contributed by atoms with Crippen molar-refractivity contribution in [3.63, 3.8) is 0 Å². The van der Waals surface area contributed by atoms with Gasteiger partial charge in [-0.05, 0) is 69.1 Å². The molecule has 0 radical (unpaired) electrons. The van der Waals surface area contributed by atoms with Crippen molar-refractivity contribution in [2.45, 2.75) is 70.0 Å². The molecule has 0 spiro atoms. The Labute approximate surface area is 257 Å². The third-order valence-corrected chi connectivity index (χ3v) is 7.78. The van der Waals surface area contributed by atoms with Crippen molar-refractivity contribution in [3.8, 4) is 11.5 Å². The van der Waals surface area contributed by atoms with Crippen molar-refractivity contribution in [1.29, 1.82) is 5.41 Å². The first kappa shape index (κ1) is 30.7. The number of nitrogens with two attached hydrogens (primary N) is 1. The van der Waals surface area contributed by atoms with Crippen LogP contribution in [0, 0.1) is 5.41 Å². The molecule has 1 atom stereocenters. The van der Waals surface area contributed by atoms with Crippen LogP contribution in [0.4, 0.5) is 11.6 Å². The zero-order chi connectivity index (χ0) is 31.3. The number of nitrogens with one attached hydrogen (secondary N) is 4. The van der Waals surface area contributed by atoms with Crippen LogP contribution in [0.2, 0.25) is 0 Å². The van der Waals surface area contributed by atoms with E-state index in [0.717, 1.165) is 37.2 Å². The molecule has 1 fully saturated rings. The Bertz CT molecular complexity index is 1570. The Morgan fingerprint density at radius 1 is 1.00 bits per heavy atom. The van der Waals surface area contributed by atoms with Crippen LogP contribution in [-0.2, 0) is 10.2 Å². The van der Waals surface area contributed by atoms with Crippen LogP contribution in [0.1, 0.15) is 75.1 Å². The summed E-state index contributed by atoms with van der Waals surface area (Å²) in [6, 6.07) is 18.2. The fraction of sp³-hybridized carbons (Fsp3) is 0.364. The molecule has 11 nitrogen and oxygen atoms in total. The lowest BCUT2D eigenvalue weighted by Gasteiger charge is -2.31. The predicted molar refractivity (Wildman–Crippen MR) is 170 cm³/mol. The van der Waals surface area contributed by atoms with Crippen molar-refractivity contribution in [1.82, 2.24) is 25.8 Å². The Morgan fingerprint density at radius 2 is 1.66 bits per heavy atom. The van der Waals surface area contributed by atoms with E-state index in [2.05, 4.69) is 31.1 Å². The number of amides is 1. The van der Waals surface area contributed by atoms with Crippen molar-refractivity contribution >= 4 is 23.3 Å². The molecular weight excluding hydrogens is 556 g/mol. The maximum atomic E-state index is 13.1. The summed E-state index contributed by atoms with van der Waals surface area (Å²) in [6.45, 7) is 6.12. The highest BCUT2D eigenvalue weighted by Crippen LogP contribution is 2.29. The Morgan fingerprint density at radius 3 is 2.30 bits per heavy atom. The van der Waals surface area contributed by atoms with Crippen LogP contribution in [0.5, 0.6) is 11.5 Å². The van der Waals surface area contributed by atoms with Crippen LogP contribution in [0.15, 0.2) is 71.5 Å². The molecule has 1 amide bonds. The van der Waals surface area contributed by atoms with E-state index in [1.54, 1.807) is 7.05 Å². The average molecular weight is 597 g/mol. The molecule has 1 aliphatic carbocycles. The number of likely N-dealkylation sites (N-methyl/N-ethyl adjacent to an activating group) is 1. The molecule has 0 saturated heterocycles. The van der Waals surface area contributed by atoms with Gasteiger partial charge in [0.25, 0.3) is 0 Å². The molecule has 6 N–H and O–H groups in total. The first-order chi connectivity index (χ1) is 21.1. The minimum absolute atomic E-state index is 0.0373. The monoisotopic (exact) mass is 596 g/mol. The standard InChI is InChI=1S/C33H40N8O3/c1-33(2,3)26-18-25(41-44-26)29(36-4)32(42)40-22-14-12-21(13-15-22)39-31-27(30(35)37-19-38-31)28(34)20-10-16-24(17-11-20)43-23-8-6-5-7-9-23/h5-11,16-19,21-22,29,34,36H,12-15H2,1-4H3,(H,40,42)(H3,35,37,38,39)/t21-,22+,29-/m1/s1. The molecule has 11 heteroatoms. The number of hydrogen-bond donors (Lipinski definition) is 5. The highest BCUT2D eigenvalue weighted by molar-refractivity contribution is 6.16. The van der Waals surface area contributed by atoms with Crippen LogP contribution >= 0.6 is 0 Å². The molecule has 0 bridgehead atoms. The first-order valence-electron chi connectivity index (χ1n) is 14.9. The van der Waals surface area contributed by atoms with E-state index in [1.807, 2.05) is 81.4 Å². The SMILES string of the molecule is CN[C@@H](C(=O)N[C@H]1CC[C@@H](Nc2ncnc(N)c2C(=N)c2ccc(Oc3ccccc3)cc2)CC1)c1cc(C(C)(C)C)on1. The topological polar surface area (TPSA) is 164 Å². The van der Waals surface area contributed by atoms with Gasteiger partial charge in [0, 0.05) is 29.1 Å². The summed E-state index contributed by atoms with van der Waals surface area (Å²) >= 11 is 0. The molecule has 5 rings (SSSR count). The van der Waals surface area contributed by atoms with E-state index in [4.69, 9.17) is 20.4 Å². The number of para-hydroxylation sites is 1. The zero-order valence-corrected chi connectivity index (χ0v) is 25.6. The van der Waals surface area contributed by atoms with Gasteiger partial charge in [0.1, 0.15) is 47.0 Å². The summed E-state index contributed by atoms with van der Waals surface area (Å²) < 4.78 is 11.4. The van der Waals surface area contributed by atoms with Gasteiger partial charge in [-0.1, -0.05) is 44.1 Å². The molecule has 2 aromatic carbocycles. The fourth-order valence-corrected chi connectivity index (χ4v) is 5.27. The number of nitrogen functional groups attached to an aromatic ring is 1. The number of carbonyl (C=O) groups excluding carboxylic acids is 1. The van der Waals surface area contributed by atoms with Gasteiger partial charge >= 0.3 is 0 Å². The van der Waals surface area contributed by atoms with Crippen LogP contribution in [-0.4, -0.2) is 45.9 Å². The minimum atomic E-state index is -0.595. The van der Waals surface area contributed by atoms with E-state index >= 15 is 0 Å². The summed E-state index contributed by atoms with van der Waals surface area (Å²) in [6.07, 6.45) is 4.62. The molecule has 230 valence electrons. The lowest BCUT2D eigenvalue weighted by Crippen LogP contribution is -2.44. The molecule has 44 heavy (non-hydrogen) atoms. The first-order valence-corrected chi connectivity index (χ1v) is 14.9. The number of aromatic nitrogens is 3. The maximum absolute atomic E-state index is 13.1. The fourth-order valence-electron chi connectivity index (χ4n) is 5.27. The van der Waals surface area contributed by atoms with Gasteiger partial charge < -0.3 is 30.9 Å². The highest BCUT2D eigenvalue weighted by Gasteiger charge is 2.30. The van der Waals surface area contributed by atoms with Crippen LogP contribution in [0.25, 0.3) is 0 Å². The number of carbonyl (C=O) groups is 1. The number of ether oxygens (including phenoxy) is 1. The number of hydrogen-bond acceptors (Lipinski definition) is 10. The van der Waals surface area contributed by atoms with Gasteiger partial charge in [0.15, 0.2) is 0 Å². The number of rotatable bonds is 10. The molecule has 1 saturated carbocycles. The van der Waals surface area contributed by atoms with Gasteiger partial charge in [-0.2, -0.15) is 0 Å². The van der Waals surface area contributed by atoms with Gasteiger partial charge in [-0.3, -0.25) is 10.2 Å². The molecular formula is C33H40N8O3. The Balaban J connectivity index is 1.19. The van der Waals surface area contributed by atoms with Crippen molar-refractivity contribution in [2.24, 2.45) is 0 Å². The lowest BCUT2D eigenvalue weighted by atomic mass is 9.90. The molecule has 0 aliphatic heterocycles. The van der Waals surface area contributed by atoms with Crippen LogP contribution < -0.4 is 26.4 Å². The third-order valence-electron chi connectivity index (χ3n) is 7.78. The third kappa shape index (κ3) is 7.23. The molecule has 2 heterocycles. The van der Waals surface area contributed by atoms with E-state index in [0.29, 0.717) is 28.4 Å². The second-order valence-electron chi connectivity index (χ2n) is 12.1. The maximum Gasteiger partial charge on any atom is 0.243 e. The van der Waals surface area contributed by atoms with Gasteiger partial charge in [-0.15, -0.1) is 0 Å². The highest BCUT2D eigenvalue weighted by atomic mass is 16.5. The smallest absolute Gasteiger partial charge is 0.243 e. The van der Waals surface area contributed by atoms with E-state index in [-0.39, 0.29) is 34.9 Å². The summed E-state index contributed by atoms with van der Waals surface area (Å²) in [4.78, 5) is 21.7. The predicted octanol–water partition coefficient (Wildman–Crippen LogP) is 5.35. The van der Waals surface area contributed by atoms with Gasteiger partial charge in [0.2, 0.25) is 5.91 Å². The normalized spacial score (nSPS) is 17.5. The number of nitrogens with zero attached hydrogens (tertiary/aromatic N) is 3. The average Bonchev–Trinajstić information content (AvgIpc) is 3.50. The number of anilines is 2. The van der Waals surface area contributed by atoms with Crippen molar-refractivity contribution < 1.29 is 14.1 Å². The van der Waals surface area contributed by atoms with Crippen molar-refractivity contribution in [3.05, 3.63) is 89.6 Å². The molecule has 0 unspecified atom stereocenters. The summed E-state index contributed by atoms with van der Waals surface area (Å²) in [5, 5.41) is 22.8. The Hall–Kier alpha value is -4.77. The van der Waals surface area contributed by atoms with Crippen molar-refractivity contribution in [2.75, 3.05) is 18.1 Å². The quantitative estimate of drug-likeness (QED) is 0.152. The Kier molecular flexibility index (Phi) is 9.24. The second kappa shape index (κ2) is 13.3. The second-order valence-corrected chi connectivity index (χ2v) is 12.1.